The Morgan fingerprint density at radius 1 is 1.04 bits per heavy atom. The van der Waals surface area contributed by atoms with Crippen molar-refractivity contribution < 1.29 is 0 Å². The van der Waals surface area contributed by atoms with Gasteiger partial charge in [-0.05, 0) is 43.7 Å². The Labute approximate surface area is 163 Å². The molecule has 0 radical (unpaired) electrons. The lowest BCUT2D eigenvalue weighted by Gasteiger charge is -2.30. The molecule has 0 atom stereocenters. The second-order valence-corrected chi connectivity index (χ2v) is 7.80. The summed E-state index contributed by atoms with van der Waals surface area (Å²) in [6.07, 6.45) is 8.29. The Kier molecular flexibility index (Phi) is 4.38. The maximum Gasteiger partial charge on any atom is 0.233 e. The molecule has 1 saturated heterocycles. The average Bonchev–Trinajstić information content (AvgIpc) is 3.48. The van der Waals surface area contributed by atoms with Crippen molar-refractivity contribution in [2.24, 2.45) is 5.92 Å². The molecule has 0 amide bonds. The lowest BCUT2D eigenvalue weighted by atomic mass is 10.00. The minimum absolute atomic E-state index is 0.518. The van der Waals surface area contributed by atoms with Crippen LogP contribution in [0, 0.1) is 5.92 Å². The zero-order valence-electron chi connectivity index (χ0n) is 16.0. The summed E-state index contributed by atoms with van der Waals surface area (Å²) in [5.74, 6) is 4.00. The van der Waals surface area contributed by atoms with E-state index in [9.17, 15) is 0 Å². The van der Waals surface area contributed by atoms with Crippen LogP contribution in [0.15, 0.2) is 30.6 Å². The zero-order valence-corrected chi connectivity index (χ0v) is 16.0. The zero-order chi connectivity index (χ0) is 18.9. The number of hydrogen-bond acceptors (Lipinski definition) is 7. The van der Waals surface area contributed by atoms with E-state index in [1.807, 2.05) is 12.1 Å². The number of piperidine rings is 1. The predicted octanol–water partition coefficient (Wildman–Crippen LogP) is 3.51. The minimum Gasteiger partial charge on any atom is -0.341 e. The highest BCUT2D eigenvalue weighted by atomic mass is 15.3. The summed E-state index contributed by atoms with van der Waals surface area (Å²) in [7, 11) is 0. The van der Waals surface area contributed by atoms with E-state index in [2.05, 4.69) is 43.4 Å². The molecule has 3 aromatic heterocycles. The Morgan fingerprint density at radius 3 is 2.57 bits per heavy atom. The second-order valence-electron chi connectivity index (χ2n) is 7.80. The topological polar surface area (TPSA) is 95.5 Å². The Balaban J connectivity index is 1.46. The van der Waals surface area contributed by atoms with Crippen molar-refractivity contribution in [3.63, 3.8) is 0 Å². The molecule has 1 aliphatic heterocycles. The molecular formula is C20H24N8. The van der Waals surface area contributed by atoms with Crippen molar-refractivity contribution in [2.45, 2.75) is 38.5 Å². The maximum atomic E-state index is 4.75. The van der Waals surface area contributed by atoms with Gasteiger partial charge in [0.2, 0.25) is 11.9 Å². The van der Waals surface area contributed by atoms with Crippen LogP contribution in [0.3, 0.4) is 0 Å². The summed E-state index contributed by atoms with van der Waals surface area (Å²) in [6.45, 7) is 4.23. The van der Waals surface area contributed by atoms with E-state index in [-0.39, 0.29) is 0 Å². The summed E-state index contributed by atoms with van der Waals surface area (Å²) in [4.78, 5) is 20.4. The fraction of sp³-hybridized carbons (Fsp3) is 0.450. The van der Waals surface area contributed by atoms with Gasteiger partial charge in [-0.15, -0.1) is 0 Å². The number of hydrogen-bond donors (Lipinski definition) is 2. The van der Waals surface area contributed by atoms with Gasteiger partial charge < -0.3 is 10.2 Å². The molecule has 2 fully saturated rings. The third kappa shape index (κ3) is 3.67. The van der Waals surface area contributed by atoms with Gasteiger partial charge in [-0.2, -0.15) is 20.1 Å². The first-order valence-corrected chi connectivity index (χ1v) is 9.98. The van der Waals surface area contributed by atoms with Crippen LogP contribution < -0.4 is 10.2 Å². The lowest BCUT2D eigenvalue weighted by molar-refractivity contribution is 0.434. The summed E-state index contributed by atoms with van der Waals surface area (Å²) in [6, 6.07) is 5.89. The Morgan fingerprint density at radius 2 is 1.82 bits per heavy atom. The SMILES string of the molecule is CC1CCN(c2nc(Nc3cc(C4CC4)[nH]n3)nc(-c3ccncc3)n2)CC1. The minimum atomic E-state index is 0.518. The molecule has 0 aromatic carbocycles. The van der Waals surface area contributed by atoms with Crippen molar-refractivity contribution >= 4 is 17.7 Å². The molecule has 1 aliphatic carbocycles. The van der Waals surface area contributed by atoms with Crippen LogP contribution in [0.25, 0.3) is 11.4 Å². The molecule has 28 heavy (non-hydrogen) atoms. The molecule has 5 rings (SSSR count). The summed E-state index contributed by atoms with van der Waals surface area (Å²) in [5, 5.41) is 10.7. The molecule has 0 unspecified atom stereocenters. The fourth-order valence-corrected chi connectivity index (χ4v) is 3.52. The van der Waals surface area contributed by atoms with Crippen molar-refractivity contribution in [1.29, 1.82) is 0 Å². The van der Waals surface area contributed by atoms with Crippen LogP contribution >= 0.6 is 0 Å². The quantitative estimate of drug-likeness (QED) is 0.703. The number of aromatic amines is 1. The van der Waals surface area contributed by atoms with E-state index in [1.54, 1.807) is 12.4 Å². The van der Waals surface area contributed by atoms with Crippen molar-refractivity contribution in [3.8, 4) is 11.4 Å². The predicted molar refractivity (Wildman–Crippen MR) is 108 cm³/mol. The molecule has 1 saturated carbocycles. The van der Waals surface area contributed by atoms with Crippen LogP contribution in [-0.2, 0) is 0 Å². The molecule has 0 bridgehead atoms. The van der Waals surface area contributed by atoms with Gasteiger partial charge in [0.1, 0.15) is 0 Å². The summed E-state index contributed by atoms with van der Waals surface area (Å²) >= 11 is 0. The Hall–Kier alpha value is -3.03. The van der Waals surface area contributed by atoms with Gasteiger partial charge in [0, 0.05) is 48.7 Å². The second kappa shape index (κ2) is 7.18. The van der Waals surface area contributed by atoms with Crippen molar-refractivity contribution in [3.05, 3.63) is 36.3 Å². The fourth-order valence-electron chi connectivity index (χ4n) is 3.52. The molecule has 3 aromatic rings. The van der Waals surface area contributed by atoms with Crippen molar-refractivity contribution in [2.75, 3.05) is 23.3 Å². The van der Waals surface area contributed by atoms with Gasteiger partial charge in [0.15, 0.2) is 11.6 Å². The van der Waals surface area contributed by atoms with Crippen LogP contribution in [0.1, 0.15) is 44.2 Å². The highest BCUT2D eigenvalue weighted by Gasteiger charge is 2.26. The lowest BCUT2D eigenvalue weighted by Crippen LogP contribution is -2.34. The molecule has 8 heteroatoms. The van der Waals surface area contributed by atoms with Gasteiger partial charge in [0.25, 0.3) is 0 Å². The molecule has 4 heterocycles. The van der Waals surface area contributed by atoms with Crippen LogP contribution in [0.2, 0.25) is 0 Å². The van der Waals surface area contributed by atoms with E-state index in [0.717, 1.165) is 43.2 Å². The molecule has 2 aliphatic rings. The number of aromatic nitrogens is 6. The molecule has 0 spiro atoms. The number of nitrogens with one attached hydrogen (secondary N) is 2. The third-order valence-corrected chi connectivity index (χ3v) is 5.48. The van der Waals surface area contributed by atoms with Crippen molar-refractivity contribution in [1.82, 2.24) is 30.1 Å². The smallest absolute Gasteiger partial charge is 0.233 e. The monoisotopic (exact) mass is 376 g/mol. The average molecular weight is 376 g/mol. The number of nitrogens with zero attached hydrogens (tertiary/aromatic N) is 6. The standard InChI is InChI=1S/C20H24N8/c1-13-6-10-28(11-7-13)20-24-18(15-4-8-21-9-5-15)23-19(25-20)22-17-12-16(26-27-17)14-2-3-14/h4-5,8-9,12-14H,2-3,6-7,10-11H2,1H3,(H2,22,23,24,25,26,27). The third-order valence-electron chi connectivity index (χ3n) is 5.48. The number of pyridine rings is 1. The maximum absolute atomic E-state index is 4.75. The number of anilines is 3. The van der Waals surface area contributed by atoms with E-state index < -0.39 is 0 Å². The summed E-state index contributed by atoms with van der Waals surface area (Å²) in [5.41, 5.74) is 2.10. The van der Waals surface area contributed by atoms with E-state index in [1.165, 1.54) is 18.5 Å². The first kappa shape index (κ1) is 17.1. The number of H-pyrrole nitrogens is 1. The number of rotatable bonds is 5. The first-order valence-electron chi connectivity index (χ1n) is 9.98. The van der Waals surface area contributed by atoms with Gasteiger partial charge in [-0.25, -0.2) is 0 Å². The van der Waals surface area contributed by atoms with E-state index in [0.29, 0.717) is 23.6 Å². The molecule has 2 N–H and O–H groups in total. The van der Waals surface area contributed by atoms with Gasteiger partial charge in [0.05, 0.1) is 0 Å². The largest absolute Gasteiger partial charge is 0.341 e. The van der Waals surface area contributed by atoms with Crippen LogP contribution in [-0.4, -0.2) is 43.2 Å². The van der Waals surface area contributed by atoms with Crippen LogP contribution in [0.5, 0.6) is 0 Å². The Bertz CT molecular complexity index is 942. The van der Waals surface area contributed by atoms with Gasteiger partial charge in [-0.1, -0.05) is 6.92 Å². The van der Waals surface area contributed by atoms with Gasteiger partial charge >= 0.3 is 0 Å². The molecule has 8 nitrogen and oxygen atoms in total. The van der Waals surface area contributed by atoms with E-state index >= 15 is 0 Å². The van der Waals surface area contributed by atoms with Gasteiger partial charge in [-0.3, -0.25) is 10.1 Å². The molecular weight excluding hydrogens is 352 g/mol. The summed E-state index contributed by atoms with van der Waals surface area (Å²) < 4.78 is 0. The first-order chi connectivity index (χ1) is 13.7. The molecule has 144 valence electrons. The normalized spacial score (nSPS) is 17.7. The van der Waals surface area contributed by atoms with E-state index in [4.69, 9.17) is 9.97 Å². The highest BCUT2D eigenvalue weighted by molar-refractivity contribution is 5.59. The highest BCUT2D eigenvalue weighted by Crippen LogP contribution is 2.39. The van der Waals surface area contributed by atoms with Crippen LogP contribution in [0.4, 0.5) is 17.7 Å².